The summed E-state index contributed by atoms with van der Waals surface area (Å²) in [6.07, 6.45) is 6.35. The molecule has 2 aromatic carbocycles. The lowest BCUT2D eigenvalue weighted by molar-refractivity contribution is -0.145. The predicted molar refractivity (Wildman–Crippen MR) is 174 cm³/mol. The van der Waals surface area contributed by atoms with Crippen LogP contribution in [0.5, 0.6) is 0 Å². The molecule has 0 aromatic heterocycles. The molecule has 10 nitrogen and oxygen atoms in total. The summed E-state index contributed by atoms with van der Waals surface area (Å²) in [6.45, 7) is 6.93. The highest BCUT2D eigenvalue weighted by atomic mass is 16.5. The van der Waals surface area contributed by atoms with Gasteiger partial charge < -0.3 is 20.1 Å². The van der Waals surface area contributed by atoms with Gasteiger partial charge in [0.05, 0.1) is 0 Å². The zero-order chi connectivity index (χ0) is 33.6. The van der Waals surface area contributed by atoms with Gasteiger partial charge >= 0.3 is 11.9 Å². The maximum absolute atomic E-state index is 12.0. The number of esters is 2. The van der Waals surface area contributed by atoms with Gasteiger partial charge in [0.2, 0.25) is 0 Å². The van der Waals surface area contributed by atoms with E-state index in [2.05, 4.69) is 10.6 Å². The number of carbonyl (C=O) groups is 2. The standard InChI is InChI=1S/C36H40N6O4/c1-27-19-29(7-9-33(27)21-31(23-37)24-38)11-13-41-15-17-45-35(43)5-3-4-6-36(44)46-18-16-42-14-12-30-8-10-34(28(2)20-30)22-32(25-39)26-40/h7-10,19-22,41-42H,3-6,11-18H2,1-2H3. The van der Waals surface area contributed by atoms with Crippen LogP contribution in [0.2, 0.25) is 0 Å². The fraction of sp³-hybridized carbons (Fsp3) is 0.389. The molecule has 0 aliphatic carbocycles. The Bertz CT molecular complexity index is 1420. The summed E-state index contributed by atoms with van der Waals surface area (Å²) in [4.78, 5) is 23.9. The van der Waals surface area contributed by atoms with Crippen molar-refractivity contribution in [1.29, 1.82) is 21.0 Å². The lowest BCUT2D eigenvalue weighted by Crippen LogP contribution is -2.23. The number of nitrogens with one attached hydrogen (secondary N) is 2. The molecule has 0 amide bonds. The number of benzene rings is 2. The number of allylic oxidation sites excluding steroid dienone is 2. The van der Waals surface area contributed by atoms with Crippen LogP contribution in [0.3, 0.4) is 0 Å². The van der Waals surface area contributed by atoms with Gasteiger partial charge in [-0.1, -0.05) is 36.4 Å². The Labute approximate surface area is 271 Å². The number of rotatable bonds is 19. The third-order valence-electron chi connectivity index (χ3n) is 7.03. The van der Waals surface area contributed by atoms with Crippen LogP contribution in [-0.2, 0) is 31.9 Å². The minimum absolute atomic E-state index is 0.0719. The molecule has 0 bridgehead atoms. The molecule has 0 saturated heterocycles. The second kappa shape index (κ2) is 21.4. The minimum atomic E-state index is -0.289. The van der Waals surface area contributed by atoms with Crippen molar-refractivity contribution in [3.8, 4) is 24.3 Å². The van der Waals surface area contributed by atoms with Crippen molar-refractivity contribution in [1.82, 2.24) is 10.6 Å². The highest BCUT2D eigenvalue weighted by molar-refractivity contribution is 5.70. The zero-order valence-corrected chi connectivity index (χ0v) is 26.5. The maximum atomic E-state index is 12.0. The van der Waals surface area contributed by atoms with Crippen LogP contribution in [0, 0.1) is 59.2 Å². The molecule has 0 saturated carbocycles. The first-order valence-electron chi connectivity index (χ1n) is 15.2. The SMILES string of the molecule is Cc1cc(CCNCCOC(=O)CCCCC(=O)OCCNCCc2ccc(C=C(C#N)C#N)c(C)c2)ccc1C=C(C#N)C#N. The van der Waals surface area contributed by atoms with Crippen LogP contribution >= 0.6 is 0 Å². The van der Waals surface area contributed by atoms with Crippen LogP contribution in [0.1, 0.15) is 59.1 Å². The second-order valence-electron chi connectivity index (χ2n) is 10.6. The summed E-state index contributed by atoms with van der Waals surface area (Å²) in [7, 11) is 0. The molecule has 0 spiro atoms. The van der Waals surface area contributed by atoms with Crippen molar-refractivity contribution >= 4 is 24.1 Å². The van der Waals surface area contributed by atoms with Gasteiger partial charge in [-0.3, -0.25) is 9.59 Å². The monoisotopic (exact) mass is 620 g/mol. The molecule has 0 heterocycles. The first-order chi connectivity index (χ1) is 22.3. The number of aryl methyl sites for hydroxylation is 2. The summed E-state index contributed by atoms with van der Waals surface area (Å²) >= 11 is 0. The van der Waals surface area contributed by atoms with E-state index >= 15 is 0 Å². The molecule has 2 N–H and O–H groups in total. The highest BCUT2D eigenvalue weighted by Gasteiger charge is 2.07. The van der Waals surface area contributed by atoms with E-state index < -0.39 is 0 Å². The molecular formula is C36H40N6O4. The summed E-state index contributed by atoms with van der Waals surface area (Å²) in [6, 6.07) is 19.3. The predicted octanol–water partition coefficient (Wildman–Crippen LogP) is 4.78. The van der Waals surface area contributed by atoms with E-state index in [-0.39, 0.29) is 49.1 Å². The summed E-state index contributed by atoms with van der Waals surface area (Å²) < 4.78 is 10.5. The van der Waals surface area contributed by atoms with Crippen molar-refractivity contribution in [3.05, 3.63) is 80.9 Å². The quantitative estimate of drug-likeness (QED) is 0.126. The molecule has 0 aliphatic heterocycles. The van der Waals surface area contributed by atoms with Crippen molar-refractivity contribution in [3.63, 3.8) is 0 Å². The zero-order valence-electron chi connectivity index (χ0n) is 26.5. The lowest BCUT2D eigenvalue weighted by atomic mass is 10.0. The molecule has 0 aliphatic rings. The average molecular weight is 621 g/mol. The van der Waals surface area contributed by atoms with E-state index in [1.807, 2.05) is 74.5 Å². The van der Waals surface area contributed by atoms with E-state index in [1.165, 1.54) is 0 Å². The number of ether oxygens (including phenoxy) is 2. The number of nitrogens with zero attached hydrogens (tertiary/aromatic N) is 4. The molecule has 10 heteroatoms. The van der Waals surface area contributed by atoms with Crippen molar-refractivity contribution in [2.24, 2.45) is 0 Å². The largest absolute Gasteiger partial charge is 0.464 e. The third kappa shape index (κ3) is 14.5. The van der Waals surface area contributed by atoms with Crippen molar-refractivity contribution in [2.45, 2.75) is 52.4 Å². The lowest BCUT2D eigenvalue weighted by Gasteiger charge is -2.09. The Balaban J connectivity index is 1.47. The topological polar surface area (TPSA) is 172 Å². The van der Waals surface area contributed by atoms with Crippen LogP contribution in [0.4, 0.5) is 0 Å². The van der Waals surface area contributed by atoms with Crippen LogP contribution in [-0.4, -0.2) is 51.3 Å². The minimum Gasteiger partial charge on any atom is -0.464 e. The van der Waals surface area contributed by atoms with Gasteiger partial charge in [-0.05, 0) is 98.2 Å². The van der Waals surface area contributed by atoms with E-state index in [4.69, 9.17) is 30.5 Å². The van der Waals surface area contributed by atoms with Gasteiger partial charge in [0.25, 0.3) is 0 Å². The Morgan fingerprint density at radius 2 is 1.04 bits per heavy atom. The van der Waals surface area contributed by atoms with Gasteiger partial charge in [-0.15, -0.1) is 0 Å². The summed E-state index contributed by atoms with van der Waals surface area (Å²) in [5, 5.41) is 42.2. The Morgan fingerprint density at radius 3 is 1.39 bits per heavy atom. The summed E-state index contributed by atoms with van der Waals surface area (Å²) in [5.41, 5.74) is 6.07. The molecular weight excluding hydrogens is 580 g/mol. The van der Waals surface area contributed by atoms with Crippen LogP contribution in [0.15, 0.2) is 47.5 Å². The number of nitriles is 4. The first kappa shape index (κ1) is 36.9. The number of unbranched alkanes of at least 4 members (excludes halogenated alkanes) is 1. The molecule has 2 aromatic rings. The maximum Gasteiger partial charge on any atom is 0.305 e. The van der Waals surface area contributed by atoms with E-state index in [1.54, 1.807) is 12.2 Å². The fourth-order valence-electron chi connectivity index (χ4n) is 4.47. The third-order valence-corrected chi connectivity index (χ3v) is 7.03. The molecule has 2 rings (SSSR count). The van der Waals surface area contributed by atoms with Gasteiger partial charge in [0.1, 0.15) is 48.6 Å². The van der Waals surface area contributed by atoms with Gasteiger partial charge in [0.15, 0.2) is 0 Å². The number of hydrogen-bond acceptors (Lipinski definition) is 10. The van der Waals surface area contributed by atoms with E-state index in [0.717, 1.165) is 46.2 Å². The van der Waals surface area contributed by atoms with E-state index in [9.17, 15) is 9.59 Å². The van der Waals surface area contributed by atoms with E-state index in [0.29, 0.717) is 39.0 Å². The van der Waals surface area contributed by atoms with Crippen LogP contribution < -0.4 is 10.6 Å². The Hall–Kier alpha value is -5.26. The smallest absolute Gasteiger partial charge is 0.305 e. The van der Waals surface area contributed by atoms with Crippen molar-refractivity contribution in [2.75, 3.05) is 39.4 Å². The fourth-order valence-corrected chi connectivity index (χ4v) is 4.47. The highest BCUT2D eigenvalue weighted by Crippen LogP contribution is 2.16. The number of carbonyl (C=O) groups excluding carboxylic acids is 2. The average Bonchev–Trinajstić information content (AvgIpc) is 3.05. The van der Waals surface area contributed by atoms with Gasteiger partial charge in [0, 0.05) is 25.9 Å². The summed E-state index contributed by atoms with van der Waals surface area (Å²) in [5.74, 6) is -0.578. The van der Waals surface area contributed by atoms with Gasteiger partial charge in [-0.2, -0.15) is 21.0 Å². The molecule has 0 fully saturated rings. The van der Waals surface area contributed by atoms with Crippen molar-refractivity contribution < 1.29 is 19.1 Å². The molecule has 0 unspecified atom stereocenters. The normalized spacial score (nSPS) is 9.96. The molecule has 0 radical (unpaired) electrons. The Morgan fingerprint density at radius 1 is 0.652 bits per heavy atom. The van der Waals surface area contributed by atoms with Gasteiger partial charge in [-0.25, -0.2) is 0 Å². The molecule has 238 valence electrons. The first-order valence-corrected chi connectivity index (χ1v) is 15.2. The molecule has 46 heavy (non-hydrogen) atoms. The van der Waals surface area contributed by atoms with Crippen LogP contribution in [0.25, 0.3) is 12.2 Å². The number of hydrogen-bond donors (Lipinski definition) is 2. The second-order valence-corrected chi connectivity index (χ2v) is 10.6. The Kier molecular flexibility index (Phi) is 17.2. The molecule has 0 atom stereocenters.